The summed E-state index contributed by atoms with van der Waals surface area (Å²) in [5.41, 5.74) is 1.64. The number of aromatic nitrogens is 3. The molecule has 1 fully saturated rings. The molecule has 0 aliphatic carbocycles. The van der Waals surface area contributed by atoms with E-state index in [1.54, 1.807) is 40.2 Å². The van der Waals surface area contributed by atoms with Crippen molar-refractivity contribution in [2.24, 2.45) is 5.92 Å². The summed E-state index contributed by atoms with van der Waals surface area (Å²) >= 11 is 0. The van der Waals surface area contributed by atoms with Gasteiger partial charge < -0.3 is 10.2 Å². The van der Waals surface area contributed by atoms with E-state index in [0.29, 0.717) is 25.5 Å². The van der Waals surface area contributed by atoms with E-state index in [2.05, 4.69) is 15.4 Å². The molecule has 2 amide bonds. The molecule has 160 valence electrons. The van der Waals surface area contributed by atoms with Gasteiger partial charge in [0.25, 0.3) is 0 Å². The van der Waals surface area contributed by atoms with Crippen LogP contribution in [0, 0.1) is 11.7 Å². The molecular formula is C23H24FN5O2. The van der Waals surface area contributed by atoms with Gasteiger partial charge in [0.2, 0.25) is 11.8 Å². The number of rotatable bonds is 6. The van der Waals surface area contributed by atoms with Gasteiger partial charge >= 0.3 is 0 Å². The summed E-state index contributed by atoms with van der Waals surface area (Å²) in [6, 6.07) is 13.4. The largest absolute Gasteiger partial charge is 0.342 e. The van der Waals surface area contributed by atoms with Crippen molar-refractivity contribution in [3.63, 3.8) is 0 Å². The number of carbonyl (C=O) groups is 2. The third kappa shape index (κ3) is 5.53. The first kappa shape index (κ1) is 20.7. The van der Waals surface area contributed by atoms with Crippen LogP contribution in [0.25, 0.3) is 0 Å². The summed E-state index contributed by atoms with van der Waals surface area (Å²) < 4.78 is 14.8. The first-order valence-electron chi connectivity index (χ1n) is 10.3. The summed E-state index contributed by atoms with van der Waals surface area (Å²) in [6.07, 6.45) is 5.21. The van der Waals surface area contributed by atoms with E-state index in [1.807, 2.05) is 18.2 Å². The predicted octanol–water partition coefficient (Wildman–Crippen LogP) is 2.89. The second-order valence-electron chi connectivity index (χ2n) is 7.69. The van der Waals surface area contributed by atoms with Gasteiger partial charge in [0.1, 0.15) is 5.82 Å². The SMILES string of the molecule is O=C(Nc1ccn(Cc2ccccn2)n1)C1CCCN(C(=O)Cc2ccc(F)cc2)C1. The van der Waals surface area contributed by atoms with Crippen molar-refractivity contribution < 1.29 is 14.0 Å². The van der Waals surface area contributed by atoms with Gasteiger partial charge in [-0.25, -0.2) is 4.39 Å². The van der Waals surface area contributed by atoms with Crippen molar-refractivity contribution in [2.45, 2.75) is 25.8 Å². The van der Waals surface area contributed by atoms with Crippen molar-refractivity contribution in [3.05, 3.63) is 78.0 Å². The van der Waals surface area contributed by atoms with Crippen molar-refractivity contribution >= 4 is 17.6 Å². The Hall–Kier alpha value is -3.55. The maximum absolute atomic E-state index is 13.1. The molecule has 1 unspecified atom stereocenters. The average Bonchev–Trinajstić information content (AvgIpc) is 3.22. The number of hydrogen-bond donors (Lipinski definition) is 1. The Morgan fingerprint density at radius 3 is 2.74 bits per heavy atom. The van der Waals surface area contributed by atoms with Crippen molar-refractivity contribution in [1.29, 1.82) is 0 Å². The first-order valence-corrected chi connectivity index (χ1v) is 10.3. The molecule has 0 bridgehead atoms. The Bertz CT molecular complexity index is 1040. The van der Waals surface area contributed by atoms with Crippen molar-refractivity contribution in [3.8, 4) is 0 Å². The predicted molar refractivity (Wildman–Crippen MR) is 114 cm³/mol. The number of anilines is 1. The molecule has 2 aromatic heterocycles. The summed E-state index contributed by atoms with van der Waals surface area (Å²) in [6.45, 7) is 1.52. The number of amides is 2. The molecule has 4 rings (SSSR count). The summed E-state index contributed by atoms with van der Waals surface area (Å²) in [5.74, 6) is -0.318. The molecule has 3 heterocycles. The number of nitrogens with zero attached hydrogens (tertiary/aromatic N) is 4. The number of nitrogens with one attached hydrogen (secondary N) is 1. The fourth-order valence-electron chi connectivity index (χ4n) is 3.71. The molecule has 1 aliphatic heterocycles. The second kappa shape index (κ2) is 9.51. The molecule has 7 nitrogen and oxygen atoms in total. The van der Waals surface area contributed by atoms with Crippen LogP contribution >= 0.6 is 0 Å². The zero-order chi connectivity index (χ0) is 21.6. The Morgan fingerprint density at radius 1 is 1.13 bits per heavy atom. The maximum atomic E-state index is 13.1. The molecule has 0 spiro atoms. The van der Waals surface area contributed by atoms with E-state index >= 15 is 0 Å². The fourth-order valence-corrected chi connectivity index (χ4v) is 3.71. The minimum atomic E-state index is -0.326. The molecule has 0 radical (unpaired) electrons. The number of benzene rings is 1. The van der Waals surface area contributed by atoms with Gasteiger partial charge in [-0.2, -0.15) is 5.10 Å². The van der Waals surface area contributed by atoms with Gasteiger partial charge in [-0.05, 0) is 42.7 Å². The zero-order valence-electron chi connectivity index (χ0n) is 17.1. The standard InChI is InChI=1S/C23H24FN5O2/c24-19-8-6-17(7-9-19)14-22(30)28-12-3-4-18(15-28)23(31)26-21-10-13-29(27-21)16-20-5-1-2-11-25-20/h1-2,5-11,13,18H,3-4,12,14-16H2,(H,26,27,31). The Balaban J connectivity index is 1.31. The minimum absolute atomic E-state index is 0.0521. The van der Waals surface area contributed by atoms with Crippen LogP contribution < -0.4 is 5.32 Å². The first-order chi connectivity index (χ1) is 15.1. The highest BCUT2D eigenvalue weighted by atomic mass is 19.1. The van der Waals surface area contributed by atoms with Gasteiger partial charge in [0.15, 0.2) is 5.82 Å². The quantitative estimate of drug-likeness (QED) is 0.664. The van der Waals surface area contributed by atoms with Crippen molar-refractivity contribution in [1.82, 2.24) is 19.7 Å². The van der Waals surface area contributed by atoms with Crippen LogP contribution in [0.1, 0.15) is 24.1 Å². The second-order valence-corrected chi connectivity index (χ2v) is 7.69. The van der Waals surface area contributed by atoms with Gasteiger partial charge in [-0.1, -0.05) is 18.2 Å². The smallest absolute Gasteiger partial charge is 0.230 e. The topological polar surface area (TPSA) is 80.1 Å². The molecule has 1 aliphatic rings. The third-order valence-electron chi connectivity index (χ3n) is 5.36. The van der Waals surface area contributed by atoms with E-state index in [-0.39, 0.29) is 30.0 Å². The molecule has 31 heavy (non-hydrogen) atoms. The normalized spacial score (nSPS) is 16.2. The van der Waals surface area contributed by atoms with Crippen LogP contribution in [0.5, 0.6) is 0 Å². The molecular weight excluding hydrogens is 397 g/mol. The molecule has 1 saturated heterocycles. The Morgan fingerprint density at radius 2 is 1.97 bits per heavy atom. The van der Waals surface area contributed by atoms with Crippen LogP contribution in [0.4, 0.5) is 10.2 Å². The monoisotopic (exact) mass is 421 g/mol. The number of piperidine rings is 1. The van der Waals surface area contributed by atoms with Crippen LogP contribution in [0.3, 0.4) is 0 Å². The highest BCUT2D eigenvalue weighted by Gasteiger charge is 2.28. The van der Waals surface area contributed by atoms with Gasteiger partial charge in [-0.3, -0.25) is 19.3 Å². The number of pyridine rings is 1. The lowest BCUT2D eigenvalue weighted by molar-refractivity contribution is -0.133. The fraction of sp³-hybridized carbons (Fsp3) is 0.304. The Kier molecular flexibility index (Phi) is 6.35. The zero-order valence-corrected chi connectivity index (χ0v) is 17.1. The van der Waals surface area contributed by atoms with Gasteiger partial charge in [-0.15, -0.1) is 0 Å². The van der Waals surface area contributed by atoms with Crippen LogP contribution in [0.15, 0.2) is 60.9 Å². The molecule has 1 aromatic carbocycles. The third-order valence-corrected chi connectivity index (χ3v) is 5.36. The maximum Gasteiger partial charge on any atom is 0.230 e. The van der Waals surface area contributed by atoms with Gasteiger partial charge in [0, 0.05) is 31.5 Å². The number of halogens is 1. The number of hydrogen-bond acceptors (Lipinski definition) is 4. The van der Waals surface area contributed by atoms with E-state index in [1.165, 1.54) is 12.1 Å². The van der Waals surface area contributed by atoms with Crippen LogP contribution in [0.2, 0.25) is 0 Å². The highest BCUT2D eigenvalue weighted by molar-refractivity contribution is 5.92. The Labute approximate surface area is 179 Å². The highest BCUT2D eigenvalue weighted by Crippen LogP contribution is 2.19. The minimum Gasteiger partial charge on any atom is -0.342 e. The summed E-state index contributed by atoms with van der Waals surface area (Å²) in [4.78, 5) is 31.4. The number of carbonyl (C=O) groups excluding carboxylic acids is 2. The van der Waals surface area contributed by atoms with E-state index in [9.17, 15) is 14.0 Å². The molecule has 3 aromatic rings. The van der Waals surface area contributed by atoms with Crippen LogP contribution in [-0.2, 0) is 22.6 Å². The lowest BCUT2D eigenvalue weighted by Crippen LogP contribution is -2.44. The van der Waals surface area contributed by atoms with Crippen LogP contribution in [-0.4, -0.2) is 44.6 Å². The molecule has 0 saturated carbocycles. The lowest BCUT2D eigenvalue weighted by Gasteiger charge is -2.32. The molecule has 1 atom stereocenters. The van der Waals surface area contributed by atoms with E-state index in [0.717, 1.165) is 24.1 Å². The van der Waals surface area contributed by atoms with E-state index in [4.69, 9.17) is 0 Å². The summed E-state index contributed by atoms with van der Waals surface area (Å²) in [7, 11) is 0. The average molecular weight is 421 g/mol. The molecule has 8 heteroatoms. The molecule has 1 N–H and O–H groups in total. The summed E-state index contributed by atoms with van der Waals surface area (Å²) in [5, 5.41) is 7.25. The lowest BCUT2D eigenvalue weighted by atomic mass is 9.96. The van der Waals surface area contributed by atoms with Crippen molar-refractivity contribution in [2.75, 3.05) is 18.4 Å². The van der Waals surface area contributed by atoms with Gasteiger partial charge in [0.05, 0.1) is 24.6 Å². The number of likely N-dealkylation sites (tertiary alicyclic amines) is 1. The van der Waals surface area contributed by atoms with E-state index < -0.39 is 0 Å².